The number of aryl methyl sites for hydroxylation is 1. The molecule has 0 aliphatic heterocycles. The van der Waals surface area contributed by atoms with E-state index in [1.54, 1.807) is 42.5 Å². The second-order valence-corrected chi connectivity index (χ2v) is 12.0. The lowest BCUT2D eigenvalue weighted by Gasteiger charge is -2.24. The number of aliphatic carboxylic acids is 1. The maximum absolute atomic E-state index is 13.6. The van der Waals surface area contributed by atoms with Gasteiger partial charge in [0.2, 0.25) is 10.0 Å². The fourth-order valence-electron chi connectivity index (χ4n) is 4.65. The van der Waals surface area contributed by atoms with Crippen LogP contribution in [-0.2, 0) is 33.8 Å². The third-order valence-corrected chi connectivity index (χ3v) is 8.95. The normalized spacial score (nSPS) is 12.9. The smallest absolute Gasteiger partial charge is 0.435 e. The Labute approximate surface area is 243 Å². The van der Waals surface area contributed by atoms with Crippen molar-refractivity contribution in [2.45, 2.75) is 56.1 Å². The van der Waals surface area contributed by atoms with E-state index in [4.69, 9.17) is 0 Å². The Morgan fingerprint density at radius 3 is 2.17 bits per heavy atom. The SMILES string of the molecule is CCCCCc1ccc(-c2cc(C(F)(F)F)nn2-c2ccc(S(=O)(=O)N(C)[C@@H](Cc3ccccc3)C(=O)O)cc2)cc1. The lowest BCUT2D eigenvalue weighted by molar-refractivity contribution is -0.142. The number of carbonyl (C=O) groups is 1. The molecule has 4 rings (SSSR count). The molecule has 1 atom stereocenters. The van der Waals surface area contributed by atoms with Crippen molar-refractivity contribution in [3.8, 4) is 16.9 Å². The first-order valence-electron chi connectivity index (χ1n) is 13.5. The molecule has 0 radical (unpaired) electrons. The van der Waals surface area contributed by atoms with Crippen LogP contribution < -0.4 is 0 Å². The van der Waals surface area contributed by atoms with E-state index in [0.717, 1.165) is 46.3 Å². The minimum Gasteiger partial charge on any atom is -0.480 e. The molecule has 222 valence electrons. The second-order valence-electron chi connectivity index (χ2n) is 10.0. The highest BCUT2D eigenvalue weighted by Crippen LogP contribution is 2.34. The van der Waals surface area contributed by atoms with Crippen molar-refractivity contribution in [1.82, 2.24) is 14.1 Å². The van der Waals surface area contributed by atoms with E-state index in [1.807, 2.05) is 12.1 Å². The van der Waals surface area contributed by atoms with Gasteiger partial charge in [-0.25, -0.2) is 13.1 Å². The van der Waals surface area contributed by atoms with E-state index in [2.05, 4.69) is 12.0 Å². The third kappa shape index (κ3) is 7.08. The molecule has 0 aliphatic rings. The van der Waals surface area contributed by atoms with Crippen LogP contribution in [0.25, 0.3) is 16.9 Å². The van der Waals surface area contributed by atoms with Crippen LogP contribution in [0.4, 0.5) is 13.2 Å². The predicted octanol–water partition coefficient (Wildman–Crippen LogP) is 6.61. The van der Waals surface area contributed by atoms with Crippen molar-refractivity contribution >= 4 is 16.0 Å². The number of carboxylic acid groups (broad SMARTS) is 1. The van der Waals surface area contributed by atoms with Crippen LogP contribution in [0, 0.1) is 0 Å². The molecule has 0 saturated carbocycles. The van der Waals surface area contributed by atoms with Crippen LogP contribution in [0.2, 0.25) is 0 Å². The maximum Gasteiger partial charge on any atom is 0.435 e. The minimum absolute atomic E-state index is 0.0434. The lowest BCUT2D eigenvalue weighted by Crippen LogP contribution is -2.43. The number of nitrogens with zero attached hydrogens (tertiary/aromatic N) is 3. The number of likely N-dealkylation sites (N-methyl/N-ethyl adjacent to an activating group) is 1. The van der Waals surface area contributed by atoms with Crippen molar-refractivity contribution < 1.29 is 31.5 Å². The van der Waals surface area contributed by atoms with Crippen LogP contribution in [-0.4, -0.2) is 46.7 Å². The predicted molar refractivity (Wildman–Crippen MR) is 154 cm³/mol. The maximum atomic E-state index is 13.6. The van der Waals surface area contributed by atoms with Crippen molar-refractivity contribution in [2.24, 2.45) is 0 Å². The summed E-state index contributed by atoms with van der Waals surface area (Å²) in [5.41, 5.74) is 1.60. The minimum atomic E-state index is -4.68. The molecule has 1 aromatic heterocycles. The zero-order valence-corrected chi connectivity index (χ0v) is 24.1. The van der Waals surface area contributed by atoms with Crippen LogP contribution in [0.3, 0.4) is 0 Å². The summed E-state index contributed by atoms with van der Waals surface area (Å²) in [6.45, 7) is 2.11. The zero-order valence-electron chi connectivity index (χ0n) is 23.3. The molecule has 0 unspecified atom stereocenters. The molecule has 7 nitrogen and oxygen atoms in total. The summed E-state index contributed by atoms with van der Waals surface area (Å²) >= 11 is 0. The fraction of sp³-hybridized carbons (Fsp3) is 0.290. The van der Waals surface area contributed by atoms with Gasteiger partial charge in [0.1, 0.15) is 6.04 Å². The monoisotopic (exact) mass is 599 g/mol. The number of aromatic nitrogens is 2. The Bertz CT molecular complexity index is 1600. The highest BCUT2D eigenvalue weighted by Gasteiger charge is 2.36. The van der Waals surface area contributed by atoms with Gasteiger partial charge in [-0.1, -0.05) is 74.4 Å². The van der Waals surface area contributed by atoms with E-state index >= 15 is 0 Å². The van der Waals surface area contributed by atoms with E-state index in [0.29, 0.717) is 11.1 Å². The summed E-state index contributed by atoms with van der Waals surface area (Å²) in [6, 6.07) is 20.7. The summed E-state index contributed by atoms with van der Waals surface area (Å²) < 4.78 is 69.6. The molecule has 0 saturated heterocycles. The van der Waals surface area contributed by atoms with Gasteiger partial charge in [-0.05, 0) is 60.7 Å². The van der Waals surface area contributed by atoms with Crippen molar-refractivity contribution in [3.63, 3.8) is 0 Å². The number of hydrogen-bond donors (Lipinski definition) is 1. The summed E-state index contributed by atoms with van der Waals surface area (Å²) in [4.78, 5) is 11.8. The lowest BCUT2D eigenvalue weighted by atomic mass is 10.0. The van der Waals surface area contributed by atoms with Gasteiger partial charge in [-0.3, -0.25) is 4.79 Å². The van der Waals surface area contributed by atoms with Crippen molar-refractivity contribution in [2.75, 3.05) is 7.05 Å². The summed E-state index contributed by atoms with van der Waals surface area (Å²) in [5.74, 6) is -1.31. The number of rotatable bonds is 12. The Morgan fingerprint density at radius 2 is 1.60 bits per heavy atom. The van der Waals surface area contributed by atoms with Gasteiger partial charge in [0, 0.05) is 12.6 Å². The number of benzene rings is 3. The average molecular weight is 600 g/mol. The zero-order chi connectivity index (χ0) is 30.5. The van der Waals surface area contributed by atoms with Gasteiger partial charge in [0.25, 0.3) is 0 Å². The van der Waals surface area contributed by atoms with Gasteiger partial charge in [0.15, 0.2) is 5.69 Å². The Kier molecular flexibility index (Phi) is 9.53. The molecule has 0 amide bonds. The first-order valence-corrected chi connectivity index (χ1v) is 15.0. The van der Waals surface area contributed by atoms with Crippen molar-refractivity contribution in [1.29, 1.82) is 0 Å². The highest BCUT2D eigenvalue weighted by atomic mass is 32.2. The van der Waals surface area contributed by atoms with Gasteiger partial charge >= 0.3 is 12.1 Å². The highest BCUT2D eigenvalue weighted by molar-refractivity contribution is 7.89. The number of halogens is 3. The van der Waals surface area contributed by atoms with E-state index in [1.165, 1.54) is 31.3 Å². The number of unbranched alkanes of at least 4 members (excludes halogenated alkanes) is 2. The van der Waals surface area contributed by atoms with E-state index in [9.17, 15) is 31.5 Å². The second kappa shape index (κ2) is 12.9. The third-order valence-electron chi connectivity index (χ3n) is 7.07. The first-order chi connectivity index (χ1) is 19.9. The average Bonchev–Trinajstić information content (AvgIpc) is 3.43. The summed E-state index contributed by atoms with van der Waals surface area (Å²) in [5, 5.41) is 13.6. The number of hydrogen-bond acceptors (Lipinski definition) is 4. The molecular formula is C31H32F3N3O4S. The van der Waals surface area contributed by atoms with Crippen LogP contribution in [0.5, 0.6) is 0 Å². The van der Waals surface area contributed by atoms with Gasteiger partial charge in [-0.15, -0.1) is 0 Å². The molecule has 0 aliphatic carbocycles. The topological polar surface area (TPSA) is 92.5 Å². The van der Waals surface area contributed by atoms with Gasteiger partial charge in [0.05, 0.1) is 16.3 Å². The molecule has 3 aromatic carbocycles. The molecule has 0 fully saturated rings. The molecular weight excluding hydrogens is 567 g/mol. The van der Waals surface area contributed by atoms with Crippen molar-refractivity contribution in [3.05, 3.63) is 102 Å². The van der Waals surface area contributed by atoms with Crippen LogP contribution in [0.1, 0.15) is 43.0 Å². The van der Waals surface area contributed by atoms with E-state index in [-0.39, 0.29) is 22.7 Å². The van der Waals surface area contributed by atoms with E-state index < -0.39 is 33.9 Å². The van der Waals surface area contributed by atoms with Crippen LogP contribution >= 0.6 is 0 Å². The summed E-state index contributed by atoms with van der Waals surface area (Å²) in [7, 11) is -3.06. The first kappa shape index (κ1) is 31.0. The number of alkyl halides is 3. The fourth-order valence-corrected chi connectivity index (χ4v) is 5.96. The quantitative estimate of drug-likeness (QED) is 0.185. The molecule has 1 N–H and O–H groups in total. The van der Waals surface area contributed by atoms with Gasteiger partial charge < -0.3 is 5.11 Å². The Balaban J connectivity index is 1.64. The molecule has 4 aromatic rings. The molecule has 0 bridgehead atoms. The largest absolute Gasteiger partial charge is 0.480 e. The summed E-state index contributed by atoms with van der Waals surface area (Å²) in [6.07, 6.45) is -0.652. The Hall–Kier alpha value is -3.96. The number of carboxylic acids is 1. The van der Waals surface area contributed by atoms with Gasteiger partial charge in [-0.2, -0.15) is 22.6 Å². The molecule has 42 heavy (non-hydrogen) atoms. The standard InChI is InChI=1S/C31H32F3N3O4S/c1-3-4-6-9-22-12-14-24(15-13-22)27-21-29(31(32,33)34)35-37(27)25-16-18-26(19-17-25)42(40,41)36(2)28(30(38)39)20-23-10-7-5-8-11-23/h5,7-8,10-19,21,28H,3-4,6,9,20H2,1-2H3,(H,38,39)/t28-/m0/s1. The number of sulfonamides is 1. The molecule has 0 spiro atoms. The molecule has 1 heterocycles. The van der Waals surface area contributed by atoms with Crippen LogP contribution in [0.15, 0.2) is 89.8 Å². The Morgan fingerprint density at radius 1 is 0.952 bits per heavy atom. The molecule has 11 heteroatoms.